The maximum atomic E-state index is 14.5. The Bertz CT molecular complexity index is 830. The number of imidazole rings is 1. The van der Waals surface area contributed by atoms with Gasteiger partial charge in [0.05, 0.1) is 23.1 Å². The smallest absolute Gasteiger partial charge is 0.338 e. The van der Waals surface area contributed by atoms with Crippen molar-refractivity contribution in [1.29, 1.82) is 0 Å². The molecule has 0 fully saturated rings. The van der Waals surface area contributed by atoms with Gasteiger partial charge in [0.2, 0.25) is 0 Å². The Morgan fingerprint density at radius 2 is 2.05 bits per heavy atom. The van der Waals surface area contributed by atoms with Gasteiger partial charge in [-0.25, -0.2) is 14.2 Å². The summed E-state index contributed by atoms with van der Waals surface area (Å²) in [6.45, 7) is 0. The number of nitrogens with zero attached hydrogens (tertiary/aromatic N) is 1. The molecule has 0 aliphatic carbocycles. The molecule has 0 saturated carbocycles. The first kappa shape index (κ1) is 13.4. The van der Waals surface area contributed by atoms with E-state index in [1.807, 2.05) is 0 Å². The number of hydrogen-bond donors (Lipinski definition) is 3. The number of carbonyl (C=O) groups is 1. The largest absolute Gasteiger partial charge is 0.478 e. The first-order valence-electron chi connectivity index (χ1n) is 5.97. The zero-order chi connectivity index (χ0) is 15.0. The van der Waals surface area contributed by atoms with Gasteiger partial charge in [-0.2, -0.15) is 0 Å². The van der Waals surface area contributed by atoms with Crippen LogP contribution in [0, 0.1) is 5.82 Å². The molecule has 21 heavy (non-hydrogen) atoms. The molecule has 0 bridgehead atoms. The van der Waals surface area contributed by atoms with Crippen molar-refractivity contribution in [2.75, 3.05) is 5.32 Å². The van der Waals surface area contributed by atoms with E-state index in [4.69, 9.17) is 11.6 Å². The van der Waals surface area contributed by atoms with Crippen molar-refractivity contribution in [2.24, 2.45) is 0 Å². The molecule has 106 valence electrons. The minimum absolute atomic E-state index is 0.0801. The van der Waals surface area contributed by atoms with E-state index >= 15 is 0 Å². The predicted molar refractivity (Wildman–Crippen MR) is 77.7 cm³/mol. The second kappa shape index (κ2) is 5.06. The first-order valence-corrected chi connectivity index (χ1v) is 6.35. The van der Waals surface area contributed by atoms with Crippen LogP contribution in [0.5, 0.6) is 0 Å². The van der Waals surface area contributed by atoms with E-state index in [-0.39, 0.29) is 16.8 Å². The molecule has 0 saturated heterocycles. The Morgan fingerprint density at radius 1 is 1.33 bits per heavy atom. The number of H-pyrrole nitrogens is 1. The van der Waals surface area contributed by atoms with Gasteiger partial charge in [-0.1, -0.05) is 11.6 Å². The van der Waals surface area contributed by atoms with Crippen LogP contribution in [-0.4, -0.2) is 21.0 Å². The number of rotatable bonds is 3. The monoisotopic (exact) mass is 305 g/mol. The fraction of sp³-hybridized carbons (Fsp3) is 0. The van der Waals surface area contributed by atoms with Crippen molar-refractivity contribution in [1.82, 2.24) is 9.97 Å². The van der Waals surface area contributed by atoms with Gasteiger partial charge in [-0.05, 0) is 30.3 Å². The summed E-state index contributed by atoms with van der Waals surface area (Å²) < 4.78 is 14.5. The molecule has 0 aliphatic rings. The lowest BCUT2D eigenvalue weighted by Gasteiger charge is -2.11. The quantitative estimate of drug-likeness (QED) is 0.688. The number of benzene rings is 2. The molecule has 3 rings (SSSR count). The Hall–Kier alpha value is -2.60. The Kier molecular flexibility index (Phi) is 3.23. The molecule has 2 aromatic carbocycles. The van der Waals surface area contributed by atoms with Gasteiger partial charge in [0, 0.05) is 10.7 Å². The summed E-state index contributed by atoms with van der Waals surface area (Å²) >= 11 is 5.78. The fourth-order valence-electron chi connectivity index (χ4n) is 2.01. The molecule has 5 nitrogen and oxygen atoms in total. The van der Waals surface area contributed by atoms with Crippen molar-refractivity contribution >= 4 is 40.0 Å². The van der Waals surface area contributed by atoms with E-state index in [0.29, 0.717) is 16.2 Å². The molecular weight excluding hydrogens is 297 g/mol. The lowest BCUT2D eigenvalue weighted by Crippen LogP contribution is -2.05. The highest BCUT2D eigenvalue weighted by Crippen LogP contribution is 2.30. The Balaban J connectivity index is 2.15. The highest BCUT2D eigenvalue weighted by atomic mass is 35.5. The van der Waals surface area contributed by atoms with Crippen LogP contribution in [0.3, 0.4) is 0 Å². The second-order valence-corrected chi connectivity index (χ2v) is 4.79. The van der Waals surface area contributed by atoms with Crippen LogP contribution in [0.2, 0.25) is 5.02 Å². The molecule has 0 amide bonds. The van der Waals surface area contributed by atoms with Crippen molar-refractivity contribution in [3.05, 3.63) is 53.1 Å². The third-order valence-electron chi connectivity index (χ3n) is 3.00. The molecule has 0 aliphatic heterocycles. The highest BCUT2D eigenvalue weighted by molar-refractivity contribution is 6.30. The Labute approximate surface area is 123 Å². The average Bonchev–Trinajstić information content (AvgIpc) is 2.92. The third kappa shape index (κ3) is 2.41. The van der Waals surface area contributed by atoms with Crippen molar-refractivity contribution in [3.63, 3.8) is 0 Å². The number of anilines is 2. The topological polar surface area (TPSA) is 78.0 Å². The second-order valence-electron chi connectivity index (χ2n) is 4.35. The molecule has 0 spiro atoms. The number of hydrogen-bond acceptors (Lipinski definition) is 3. The number of fused-ring (bicyclic) bond motifs is 1. The van der Waals surface area contributed by atoms with E-state index in [2.05, 4.69) is 15.3 Å². The van der Waals surface area contributed by atoms with Crippen LogP contribution in [-0.2, 0) is 0 Å². The number of halogens is 2. The van der Waals surface area contributed by atoms with E-state index in [1.54, 1.807) is 24.3 Å². The van der Waals surface area contributed by atoms with Gasteiger partial charge in [-0.15, -0.1) is 0 Å². The lowest BCUT2D eigenvalue weighted by molar-refractivity contribution is 0.0697. The van der Waals surface area contributed by atoms with E-state index in [9.17, 15) is 14.3 Å². The molecule has 0 atom stereocenters. The fourth-order valence-corrected chi connectivity index (χ4v) is 2.14. The summed E-state index contributed by atoms with van der Waals surface area (Å²) in [7, 11) is 0. The van der Waals surface area contributed by atoms with Crippen molar-refractivity contribution in [3.8, 4) is 0 Å². The summed E-state index contributed by atoms with van der Waals surface area (Å²) in [6.07, 6.45) is 1.31. The number of aromatic carboxylic acids is 1. The van der Waals surface area contributed by atoms with Crippen molar-refractivity contribution < 1.29 is 14.3 Å². The molecule has 0 radical (unpaired) electrons. The first-order chi connectivity index (χ1) is 10.1. The maximum Gasteiger partial charge on any atom is 0.338 e. The molecule has 1 heterocycles. The minimum Gasteiger partial charge on any atom is -0.478 e. The maximum absolute atomic E-state index is 14.5. The molecular formula is C14H9ClFN3O2. The van der Waals surface area contributed by atoms with E-state index in [0.717, 1.165) is 0 Å². The zero-order valence-electron chi connectivity index (χ0n) is 10.5. The average molecular weight is 306 g/mol. The van der Waals surface area contributed by atoms with Crippen LogP contribution >= 0.6 is 11.6 Å². The van der Waals surface area contributed by atoms with Crippen LogP contribution in [0.4, 0.5) is 15.8 Å². The molecule has 3 N–H and O–H groups in total. The predicted octanol–water partition coefficient (Wildman–Crippen LogP) is 3.80. The number of carboxylic acid groups (broad SMARTS) is 1. The van der Waals surface area contributed by atoms with Crippen LogP contribution in [0.1, 0.15) is 10.4 Å². The summed E-state index contributed by atoms with van der Waals surface area (Å²) in [4.78, 5) is 17.9. The summed E-state index contributed by atoms with van der Waals surface area (Å²) in [6, 6.07) is 7.83. The molecule has 7 heteroatoms. The van der Waals surface area contributed by atoms with Crippen LogP contribution < -0.4 is 5.32 Å². The van der Waals surface area contributed by atoms with Gasteiger partial charge >= 0.3 is 5.97 Å². The molecule has 3 aromatic rings. The van der Waals surface area contributed by atoms with Gasteiger partial charge in [0.1, 0.15) is 5.52 Å². The number of nitrogens with one attached hydrogen (secondary N) is 2. The van der Waals surface area contributed by atoms with Crippen LogP contribution in [0.25, 0.3) is 11.0 Å². The summed E-state index contributed by atoms with van der Waals surface area (Å²) in [5.41, 5.74) is 0.613. The zero-order valence-corrected chi connectivity index (χ0v) is 11.3. The molecule has 0 unspecified atom stereocenters. The molecule has 1 aromatic heterocycles. The Morgan fingerprint density at radius 3 is 2.71 bits per heavy atom. The van der Waals surface area contributed by atoms with Gasteiger partial charge in [0.25, 0.3) is 0 Å². The number of carboxylic acids is 1. The summed E-state index contributed by atoms with van der Waals surface area (Å²) in [5.74, 6) is -1.96. The number of aromatic nitrogens is 2. The van der Waals surface area contributed by atoms with E-state index in [1.165, 1.54) is 12.4 Å². The lowest BCUT2D eigenvalue weighted by atomic mass is 10.1. The number of aromatic amines is 1. The standard InChI is InChI=1S/C14H9ClFN3O2/c15-7-1-3-8(4-2-7)19-12-9(14(20)21)5-10-13(11(12)16)18-6-17-10/h1-6,19H,(H,17,18)(H,20,21). The normalized spacial score (nSPS) is 10.8. The van der Waals surface area contributed by atoms with E-state index < -0.39 is 11.8 Å². The van der Waals surface area contributed by atoms with Gasteiger partial charge < -0.3 is 15.4 Å². The summed E-state index contributed by atoms with van der Waals surface area (Å²) in [5, 5.41) is 12.5. The highest BCUT2D eigenvalue weighted by Gasteiger charge is 2.19. The van der Waals surface area contributed by atoms with Gasteiger partial charge in [0.15, 0.2) is 5.82 Å². The third-order valence-corrected chi connectivity index (χ3v) is 3.25. The van der Waals surface area contributed by atoms with Crippen molar-refractivity contribution in [2.45, 2.75) is 0 Å². The minimum atomic E-state index is -1.23. The van der Waals surface area contributed by atoms with Crippen LogP contribution in [0.15, 0.2) is 36.7 Å². The van der Waals surface area contributed by atoms with Gasteiger partial charge in [-0.3, -0.25) is 0 Å². The SMILES string of the molecule is O=C(O)c1cc2[nH]cnc2c(F)c1Nc1ccc(Cl)cc1.